The van der Waals surface area contributed by atoms with E-state index in [2.05, 4.69) is 0 Å². The van der Waals surface area contributed by atoms with Crippen molar-refractivity contribution in [1.29, 1.82) is 0 Å². The molecule has 0 bridgehead atoms. The van der Waals surface area contributed by atoms with Gasteiger partial charge in [0.1, 0.15) is 11.3 Å². The number of nitrogens with one attached hydrogen (secondary N) is 1. The van der Waals surface area contributed by atoms with E-state index in [0.29, 0.717) is 0 Å². The Morgan fingerprint density at radius 3 is 2.10 bits per heavy atom. The van der Waals surface area contributed by atoms with Gasteiger partial charge in [0, 0.05) is 0 Å². The molecule has 5 nitrogen and oxygen atoms in total. The van der Waals surface area contributed by atoms with E-state index in [1.807, 2.05) is 5.32 Å². The lowest BCUT2D eigenvalue weighted by atomic mass is 10.3. The largest absolute Gasteiger partial charge is 0.394 e. The molecule has 0 aromatic heterocycles. The summed E-state index contributed by atoms with van der Waals surface area (Å²) in [5.41, 5.74) is 4.45. The first kappa shape index (κ1) is 6.47. The van der Waals surface area contributed by atoms with Crippen LogP contribution in [0.2, 0.25) is 0 Å². The molecule has 0 unspecified atom stereocenters. The van der Waals surface area contributed by atoms with Gasteiger partial charge in [0.2, 0.25) is 0 Å². The Hall–Kier alpha value is -1.65. The number of hydrogen-bond donors (Lipinski definition) is 2. The maximum Gasteiger partial charge on any atom is 0.274 e. The third-order valence-corrected chi connectivity index (χ3v) is 1.12. The predicted molar refractivity (Wildman–Crippen MR) is 30.4 cm³/mol. The zero-order valence-electron chi connectivity index (χ0n) is 4.88. The van der Waals surface area contributed by atoms with Gasteiger partial charge in [-0.05, 0) is 0 Å². The Bertz CT molecular complexity index is 254. The molecule has 52 valence electrons. The Labute approximate surface area is 55.9 Å². The van der Waals surface area contributed by atoms with Crippen molar-refractivity contribution in [3.8, 4) is 0 Å². The normalized spacial score (nSPS) is 17.6. The van der Waals surface area contributed by atoms with Gasteiger partial charge in [-0.3, -0.25) is 19.7 Å². The van der Waals surface area contributed by atoms with Crippen molar-refractivity contribution >= 4 is 18.1 Å². The zero-order chi connectivity index (χ0) is 7.72. The van der Waals surface area contributed by atoms with Crippen LogP contribution in [-0.2, 0) is 14.4 Å². The molecule has 0 atom stereocenters. The number of imide groups is 1. The Morgan fingerprint density at radius 1 is 1.30 bits per heavy atom. The third kappa shape index (κ3) is 0.680. The molecule has 1 aliphatic heterocycles. The van der Waals surface area contributed by atoms with Crippen LogP contribution in [0, 0.1) is 0 Å². The lowest BCUT2D eigenvalue weighted by Crippen LogP contribution is -2.24. The maximum absolute atomic E-state index is 10.5. The minimum absolute atomic E-state index is 0.259. The van der Waals surface area contributed by atoms with Crippen LogP contribution in [0.25, 0.3) is 0 Å². The molecule has 2 amide bonds. The topological polar surface area (TPSA) is 89.3 Å². The number of hydrogen-bond acceptors (Lipinski definition) is 4. The van der Waals surface area contributed by atoms with E-state index in [4.69, 9.17) is 5.73 Å². The Morgan fingerprint density at radius 2 is 1.90 bits per heavy atom. The second-order valence-corrected chi connectivity index (χ2v) is 1.73. The summed E-state index contributed by atoms with van der Waals surface area (Å²) in [5, 5.41) is 1.86. The fourth-order valence-electron chi connectivity index (χ4n) is 0.599. The fraction of sp³-hybridized carbons (Fsp3) is 0. The highest BCUT2D eigenvalue weighted by Gasteiger charge is 2.27. The minimum atomic E-state index is -0.725. The lowest BCUT2D eigenvalue weighted by Gasteiger charge is -1.84. The quantitative estimate of drug-likeness (QED) is 0.252. The van der Waals surface area contributed by atoms with E-state index in [1.165, 1.54) is 0 Å². The van der Waals surface area contributed by atoms with Gasteiger partial charge in [-0.15, -0.1) is 0 Å². The molecule has 1 aliphatic rings. The molecule has 0 saturated carbocycles. The molecule has 5 heteroatoms. The lowest BCUT2D eigenvalue weighted by molar-refractivity contribution is -0.124. The van der Waals surface area contributed by atoms with E-state index in [-0.39, 0.29) is 17.6 Å². The Kier molecular flexibility index (Phi) is 1.26. The Balaban J connectivity index is 3.13. The molecule has 0 aromatic rings. The van der Waals surface area contributed by atoms with E-state index in [0.717, 1.165) is 0 Å². The van der Waals surface area contributed by atoms with Crippen LogP contribution in [0.3, 0.4) is 0 Å². The van der Waals surface area contributed by atoms with Gasteiger partial charge in [-0.1, -0.05) is 0 Å². The van der Waals surface area contributed by atoms with Crippen LogP contribution < -0.4 is 11.1 Å². The SMILES string of the molecule is NC1=C(C=O)C(=O)NC1=O. The number of carbonyl (C=O) groups excluding carboxylic acids is 3. The highest BCUT2D eigenvalue weighted by molar-refractivity contribution is 6.27. The molecule has 0 aromatic carbocycles. The van der Waals surface area contributed by atoms with Crippen molar-refractivity contribution in [3.63, 3.8) is 0 Å². The van der Waals surface area contributed by atoms with Crippen molar-refractivity contribution in [2.24, 2.45) is 5.73 Å². The van der Waals surface area contributed by atoms with Gasteiger partial charge in [0.05, 0.1) is 0 Å². The average molecular weight is 140 g/mol. The third-order valence-electron chi connectivity index (χ3n) is 1.12. The number of carbonyl (C=O) groups is 3. The summed E-state index contributed by atoms with van der Waals surface area (Å²) in [7, 11) is 0. The number of rotatable bonds is 1. The zero-order valence-corrected chi connectivity index (χ0v) is 4.88. The molecule has 3 N–H and O–H groups in total. The minimum Gasteiger partial charge on any atom is -0.394 e. The fourth-order valence-corrected chi connectivity index (χ4v) is 0.599. The summed E-state index contributed by atoms with van der Waals surface area (Å²) in [5.74, 6) is -1.43. The predicted octanol–water partition coefficient (Wildman–Crippen LogP) is -1.95. The van der Waals surface area contributed by atoms with E-state index >= 15 is 0 Å². The van der Waals surface area contributed by atoms with Gasteiger partial charge in [0.15, 0.2) is 6.29 Å². The van der Waals surface area contributed by atoms with E-state index in [1.54, 1.807) is 0 Å². The molecule has 1 heterocycles. The van der Waals surface area contributed by atoms with Crippen LogP contribution in [0.1, 0.15) is 0 Å². The number of amides is 2. The number of nitrogens with two attached hydrogens (primary N) is 1. The molecule has 1 rings (SSSR count). The first-order valence-corrected chi connectivity index (χ1v) is 2.47. The van der Waals surface area contributed by atoms with Crippen LogP contribution in [0.4, 0.5) is 0 Å². The molecule has 0 aliphatic carbocycles. The van der Waals surface area contributed by atoms with E-state index < -0.39 is 11.8 Å². The first-order valence-electron chi connectivity index (χ1n) is 2.47. The summed E-state index contributed by atoms with van der Waals surface area (Å²) >= 11 is 0. The van der Waals surface area contributed by atoms with Gasteiger partial charge >= 0.3 is 0 Å². The van der Waals surface area contributed by atoms with Crippen molar-refractivity contribution in [3.05, 3.63) is 11.3 Å². The maximum atomic E-state index is 10.5. The second kappa shape index (κ2) is 1.94. The smallest absolute Gasteiger partial charge is 0.274 e. The molecule has 0 radical (unpaired) electrons. The highest BCUT2D eigenvalue weighted by atomic mass is 16.2. The van der Waals surface area contributed by atoms with Crippen LogP contribution in [0.15, 0.2) is 11.3 Å². The van der Waals surface area contributed by atoms with Crippen LogP contribution >= 0.6 is 0 Å². The van der Waals surface area contributed by atoms with Gasteiger partial charge in [-0.2, -0.15) is 0 Å². The summed E-state index contributed by atoms with van der Waals surface area (Å²) in [6, 6.07) is 0. The van der Waals surface area contributed by atoms with Crippen LogP contribution in [-0.4, -0.2) is 18.1 Å². The first-order chi connectivity index (χ1) is 4.66. The van der Waals surface area contributed by atoms with Crippen molar-refractivity contribution < 1.29 is 14.4 Å². The van der Waals surface area contributed by atoms with Gasteiger partial charge < -0.3 is 5.73 Å². The summed E-state index contributed by atoms with van der Waals surface area (Å²) in [6.45, 7) is 0. The van der Waals surface area contributed by atoms with E-state index in [9.17, 15) is 14.4 Å². The molecule has 10 heavy (non-hydrogen) atoms. The van der Waals surface area contributed by atoms with Gasteiger partial charge in [0.25, 0.3) is 11.8 Å². The van der Waals surface area contributed by atoms with Crippen molar-refractivity contribution in [2.75, 3.05) is 0 Å². The average Bonchev–Trinajstić information content (AvgIpc) is 2.09. The summed E-state index contributed by atoms with van der Waals surface area (Å²) in [6.07, 6.45) is 0.259. The second-order valence-electron chi connectivity index (χ2n) is 1.73. The molecule has 0 spiro atoms. The molecular weight excluding hydrogens is 136 g/mol. The summed E-state index contributed by atoms with van der Waals surface area (Å²) in [4.78, 5) is 31.0. The van der Waals surface area contributed by atoms with Crippen molar-refractivity contribution in [1.82, 2.24) is 5.32 Å². The number of aldehydes is 1. The highest BCUT2D eigenvalue weighted by Crippen LogP contribution is 2.02. The van der Waals surface area contributed by atoms with Crippen molar-refractivity contribution in [2.45, 2.75) is 0 Å². The summed E-state index contributed by atoms with van der Waals surface area (Å²) < 4.78 is 0. The molecule has 0 fully saturated rings. The monoisotopic (exact) mass is 140 g/mol. The molecular formula is C5H4N2O3. The standard InChI is InChI=1S/C5H4N2O3/c6-3-2(1-8)4(9)7-5(3)10/h1H,(H3,6,7,9,10). The van der Waals surface area contributed by atoms with Crippen LogP contribution in [0.5, 0.6) is 0 Å². The van der Waals surface area contributed by atoms with Gasteiger partial charge in [-0.25, -0.2) is 0 Å². The molecule has 0 saturated heterocycles.